The van der Waals surface area contributed by atoms with E-state index < -0.39 is 0 Å². The maximum atomic E-state index is 12.5. The summed E-state index contributed by atoms with van der Waals surface area (Å²) in [7, 11) is 1.77. The van der Waals surface area contributed by atoms with Crippen molar-refractivity contribution in [1.82, 2.24) is 14.9 Å². The lowest BCUT2D eigenvalue weighted by atomic mass is 10.1. The number of carbonyl (C=O) groups is 1. The molecule has 0 saturated heterocycles. The minimum atomic E-state index is -0.146. The van der Waals surface area contributed by atoms with Gasteiger partial charge in [0.2, 0.25) is 0 Å². The van der Waals surface area contributed by atoms with Gasteiger partial charge in [-0.05, 0) is 23.6 Å². The highest BCUT2D eigenvalue weighted by atomic mass is 16.2. The first kappa shape index (κ1) is 17.6. The van der Waals surface area contributed by atoms with Crippen LogP contribution in [0.3, 0.4) is 0 Å². The van der Waals surface area contributed by atoms with Crippen molar-refractivity contribution in [3.05, 3.63) is 89.4 Å². The number of hydrogen-bond acceptors (Lipinski definition) is 4. The Bertz CT molecular complexity index is 863. The van der Waals surface area contributed by atoms with Crippen molar-refractivity contribution < 1.29 is 4.79 Å². The predicted molar refractivity (Wildman–Crippen MR) is 103 cm³/mol. The van der Waals surface area contributed by atoms with E-state index >= 15 is 0 Å². The number of carbonyl (C=O) groups excluding carboxylic acids is 1. The number of nitrogens with one attached hydrogen (secondary N) is 1. The van der Waals surface area contributed by atoms with Crippen molar-refractivity contribution in [2.45, 2.75) is 20.0 Å². The van der Waals surface area contributed by atoms with Crippen LogP contribution in [0, 0.1) is 6.92 Å². The molecule has 0 radical (unpaired) electrons. The molecule has 1 heterocycles. The average Bonchev–Trinajstić information content (AvgIpc) is 2.68. The molecule has 5 heteroatoms. The van der Waals surface area contributed by atoms with Gasteiger partial charge in [0.15, 0.2) is 0 Å². The normalized spacial score (nSPS) is 10.4. The molecule has 1 N–H and O–H groups in total. The summed E-state index contributed by atoms with van der Waals surface area (Å²) in [5.74, 6) is 0.502. The number of anilines is 1. The monoisotopic (exact) mass is 346 g/mol. The molecule has 5 nitrogen and oxygen atoms in total. The zero-order chi connectivity index (χ0) is 18.4. The molecule has 1 amide bonds. The number of amides is 1. The van der Waals surface area contributed by atoms with Gasteiger partial charge in [-0.1, -0.05) is 54.6 Å². The standard InChI is InChI=1S/C21H22N4O/c1-16-8-6-7-11-18(16)12-23-20-14-22-19(13-24-20)21(26)25(2)15-17-9-4-3-5-10-17/h3-11,13-14H,12,15H2,1-2H3,(H,23,24). The van der Waals surface area contributed by atoms with Crippen LogP contribution in [0.4, 0.5) is 5.82 Å². The Morgan fingerprint density at radius 2 is 1.73 bits per heavy atom. The average molecular weight is 346 g/mol. The van der Waals surface area contributed by atoms with Crippen LogP contribution in [0.25, 0.3) is 0 Å². The number of aryl methyl sites for hydroxylation is 1. The summed E-state index contributed by atoms with van der Waals surface area (Å²) in [6.45, 7) is 3.28. The van der Waals surface area contributed by atoms with Gasteiger partial charge in [0, 0.05) is 20.1 Å². The second-order valence-corrected chi connectivity index (χ2v) is 6.21. The first-order valence-corrected chi connectivity index (χ1v) is 8.53. The SMILES string of the molecule is Cc1ccccc1CNc1cnc(C(=O)N(C)Cc2ccccc2)cn1. The van der Waals surface area contributed by atoms with Gasteiger partial charge in [-0.15, -0.1) is 0 Å². The van der Waals surface area contributed by atoms with Crippen LogP contribution in [0.1, 0.15) is 27.2 Å². The molecule has 0 bridgehead atoms. The molecule has 1 aromatic heterocycles. The van der Waals surface area contributed by atoms with E-state index in [1.165, 1.54) is 17.3 Å². The fourth-order valence-corrected chi connectivity index (χ4v) is 2.65. The zero-order valence-corrected chi connectivity index (χ0v) is 15.0. The lowest BCUT2D eigenvalue weighted by Crippen LogP contribution is -2.27. The van der Waals surface area contributed by atoms with Crippen molar-refractivity contribution in [2.75, 3.05) is 12.4 Å². The van der Waals surface area contributed by atoms with E-state index in [1.807, 2.05) is 42.5 Å². The first-order valence-electron chi connectivity index (χ1n) is 8.53. The van der Waals surface area contributed by atoms with Crippen LogP contribution < -0.4 is 5.32 Å². The maximum absolute atomic E-state index is 12.5. The van der Waals surface area contributed by atoms with Gasteiger partial charge < -0.3 is 10.2 Å². The van der Waals surface area contributed by atoms with E-state index in [2.05, 4.69) is 34.3 Å². The Balaban J connectivity index is 1.60. The van der Waals surface area contributed by atoms with E-state index in [0.717, 1.165) is 5.56 Å². The molecular weight excluding hydrogens is 324 g/mol. The molecule has 0 unspecified atom stereocenters. The number of nitrogens with zero attached hydrogens (tertiary/aromatic N) is 3. The van der Waals surface area contributed by atoms with Crippen LogP contribution in [-0.4, -0.2) is 27.8 Å². The van der Waals surface area contributed by atoms with Crippen molar-refractivity contribution in [3.63, 3.8) is 0 Å². The third-order valence-electron chi connectivity index (χ3n) is 4.20. The van der Waals surface area contributed by atoms with Crippen molar-refractivity contribution in [3.8, 4) is 0 Å². The lowest BCUT2D eigenvalue weighted by Gasteiger charge is -2.16. The Morgan fingerprint density at radius 3 is 2.42 bits per heavy atom. The summed E-state index contributed by atoms with van der Waals surface area (Å²) in [6.07, 6.45) is 3.12. The Kier molecular flexibility index (Phi) is 5.59. The van der Waals surface area contributed by atoms with Crippen molar-refractivity contribution in [1.29, 1.82) is 0 Å². The molecule has 0 spiro atoms. The van der Waals surface area contributed by atoms with Crippen molar-refractivity contribution >= 4 is 11.7 Å². The molecule has 132 valence electrons. The van der Waals surface area contributed by atoms with E-state index in [9.17, 15) is 4.79 Å². The Labute approximate surface area is 153 Å². The topological polar surface area (TPSA) is 58.1 Å². The highest BCUT2D eigenvalue weighted by molar-refractivity contribution is 5.91. The quantitative estimate of drug-likeness (QED) is 0.740. The number of benzene rings is 2. The summed E-state index contributed by atoms with van der Waals surface area (Å²) >= 11 is 0. The van der Waals surface area contributed by atoms with E-state index in [4.69, 9.17) is 0 Å². The molecule has 0 aliphatic rings. The van der Waals surface area contributed by atoms with E-state index in [1.54, 1.807) is 18.1 Å². The smallest absolute Gasteiger partial charge is 0.274 e. The molecular formula is C21H22N4O. The highest BCUT2D eigenvalue weighted by Gasteiger charge is 2.14. The summed E-state index contributed by atoms with van der Waals surface area (Å²) in [6, 6.07) is 18.1. The van der Waals surface area contributed by atoms with E-state index in [-0.39, 0.29) is 5.91 Å². The largest absolute Gasteiger partial charge is 0.365 e. The number of aromatic nitrogens is 2. The third kappa shape index (κ3) is 4.45. The first-order chi connectivity index (χ1) is 12.6. The van der Waals surface area contributed by atoms with Gasteiger partial charge in [-0.2, -0.15) is 0 Å². The molecule has 0 fully saturated rings. The summed E-state index contributed by atoms with van der Waals surface area (Å²) in [4.78, 5) is 22.7. The molecule has 0 atom stereocenters. The van der Waals surface area contributed by atoms with Gasteiger partial charge in [-0.3, -0.25) is 4.79 Å². The molecule has 0 saturated carbocycles. The van der Waals surface area contributed by atoms with Crippen LogP contribution in [0.15, 0.2) is 67.0 Å². The molecule has 3 aromatic rings. The Hall–Kier alpha value is -3.21. The van der Waals surface area contributed by atoms with Gasteiger partial charge in [-0.25, -0.2) is 9.97 Å². The van der Waals surface area contributed by atoms with E-state index in [0.29, 0.717) is 24.6 Å². The fourth-order valence-electron chi connectivity index (χ4n) is 2.65. The van der Waals surface area contributed by atoms with Gasteiger partial charge >= 0.3 is 0 Å². The minimum absolute atomic E-state index is 0.146. The van der Waals surface area contributed by atoms with Crippen LogP contribution in [0.5, 0.6) is 0 Å². The second kappa shape index (κ2) is 8.25. The Morgan fingerprint density at radius 1 is 1.00 bits per heavy atom. The molecule has 0 aliphatic carbocycles. The van der Waals surface area contributed by atoms with Gasteiger partial charge in [0.1, 0.15) is 11.5 Å². The molecule has 3 rings (SSSR count). The van der Waals surface area contributed by atoms with Gasteiger partial charge in [0.05, 0.1) is 12.4 Å². The zero-order valence-electron chi connectivity index (χ0n) is 15.0. The maximum Gasteiger partial charge on any atom is 0.274 e. The predicted octanol–water partition coefficient (Wildman–Crippen LogP) is 3.67. The van der Waals surface area contributed by atoms with Crippen LogP contribution in [0.2, 0.25) is 0 Å². The lowest BCUT2D eigenvalue weighted by molar-refractivity contribution is 0.0779. The molecule has 26 heavy (non-hydrogen) atoms. The van der Waals surface area contributed by atoms with Gasteiger partial charge in [0.25, 0.3) is 5.91 Å². The second-order valence-electron chi connectivity index (χ2n) is 6.21. The summed E-state index contributed by atoms with van der Waals surface area (Å²) in [5, 5.41) is 3.24. The summed E-state index contributed by atoms with van der Waals surface area (Å²) < 4.78 is 0. The number of hydrogen-bond donors (Lipinski definition) is 1. The highest BCUT2D eigenvalue weighted by Crippen LogP contribution is 2.11. The molecule has 2 aromatic carbocycles. The third-order valence-corrected chi connectivity index (χ3v) is 4.20. The molecule has 0 aliphatic heterocycles. The van der Waals surface area contributed by atoms with Crippen LogP contribution in [-0.2, 0) is 13.1 Å². The van der Waals surface area contributed by atoms with Crippen molar-refractivity contribution in [2.24, 2.45) is 0 Å². The minimum Gasteiger partial charge on any atom is -0.365 e. The summed E-state index contributed by atoms with van der Waals surface area (Å²) in [5.41, 5.74) is 3.84. The number of rotatable bonds is 6. The fraction of sp³-hybridized carbons (Fsp3) is 0.190. The van der Waals surface area contributed by atoms with Crippen LogP contribution >= 0.6 is 0 Å².